The lowest BCUT2D eigenvalue weighted by molar-refractivity contribution is -0.123. The zero-order chi connectivity index (χ0) is 14.2. The highest BCUT2D eigenvalue weighted by atomic mass is 16.5. The normalized spacial score (nSPS) is 13.7. The second kappa shape index (κ2) is 8.45. The Morgan fingerprint density at radius 1 is 1.44 bits per heavy atom. The van der Waals surface area contributed by atoms with Gasteiger partial charge in [-0.3, -0.25) is 4.79 Å². The second-order valence-corrected chi connectivity index (χ2v) is 5.72. The van der Waals surface area contributed by atoms with Crippen LogP contribution in [0.25, 0.3) is 0 Å². The van der Waals surface area contributed by atoms with Crippen molar-refractivity contribution in [3.05, 3.63) is 0 Å². The van der Waals surface area contributed by atoms with Crippen molar-refractivity contribution in [3.63, 3.8) is 0 Å². The Labute approximate surface area is 111 Å². The number of carbonyl (C=O) groups excluding carboxylic acids is 1. The number of hydrogen-bond donors (Lipinski definition) is 2. The van der Waals surface area contributed by atoms with Crippen molar-refractivity contribution in [2.45, 2.75) is 45.2 Å². The van der Waals surface area contributed by atoms with E-state index in [4.69, 9.17) is 10.5 Å². The first-order chi connectivity index (χ1) is 8.30. The van der Waals surface area contributed by atoms with Crippen LogP contribution >= 0.6 is 0 Å². The summed E-state index contributed by atoms with van der Waals surface area (Å²) in [6.07, 6.45) is 1.39. The monoisotopic (exact) mass is 259 g/mol. The summed E-state index contributed by atoms with van der Waals surface area (Å²) < 4.78 is 5.02. The lowest BCUT2D eigenvalue weighted by Gasteiger charge is -2.28. The first-order valence-electron chi connectivity index (χ1n) is 6.50. The fourth-order valence-electron chi connectivity index (χ4n) is 1.74. The maximum absolute atomic E-state index is 11.8. The highest BCUT2D eigenvalue weighted by molar-refractivity contribution is 5.77. The molecule has 0 aromatic carbocycles. The number of amides is 1. The molecule has 3 N–H and O–H groups in total. The number of rotatable bonds is 8. The Hall–Kier alpha value is -0.650. The second-order valence-electron chi connectivity index (χ2n) is 5.72. The van der Waals surface area contributed by atoms with Gasteiger partial charge in [-0.05, 0) is 34.2 Å². The first kappa shape index (κ1) is 17.4. The zero-order valence-electron chi connectivity index (χ0n) is 12.5. The number of hydrogen-bond acceptors (Lipinski definition) is 4. The highest BCUT2D eigenvalue weighted by Crippen LogP contribution is 2.05. The summed E-state index contributed by atoms with van der Waals surface area (Å²) in [6, 6.07) is 0.0872. The van der Waals surface area contributed by atoms with E-state index in [1.165, 1.54) is 0 Å². The molecule has 1 unspecified atom stereocenters. The molecule has 0 radical (unpaired) electrons. The molecule has 0 heterocycles. The minimum absolute atomic E-state index is 0.0524. The molecular weight excluding hydrogens is 230 g/mol. The van der Waals surface area contributed by atoms with Crippen molar-refractivity contribution in [3.8, 4) is 0 Å². The summed E-state index contributed by atoms with van der Waals surface area (Å²) in [5, 5.41) is 2.96. The molecule has 0 spiro atoms. The number of likely N-dealkylation sites (N-methyl/N-ethyl adjacent to an activating group) is 1. The molecule has 0 aliphatic carbocycles. The van der Waals surface area contributed by atoms with Gasteiger partial charge in [0.15, 0.2) is 0 Å². The SMILES string of the molecule is COCCCN(C)C(CN)CC(=O)NC(C)(C)C. The summed E-state index contributed by atoms with van der Waals surface area (Å²) in [5.74, 6) is 0.0524. The molecule has 0 fully saturated rings. The molecule has 1 atom stereocenters. The maximum atomic E-state index is 11.8. The van der Waals surface area contributed by atoms with Gasteiger partial charge in [0.1, 0.15) is 0 Å². The zero-order valence-corrected chi connectivity index (χ0v) is 12.5. The molecule has 1 amide bonds. The van der Waals surface area contributed by atoms with Crippen LogP contribution in [0.2, 0.25) is 0 Å². The number of nitrogens with zero attached hydrogens (tertiary/aromatic N) is 1. The van der Waals surface area contributed by atoms with Crippen LogP contribution in [0.5, 0.6) is 0 Å². The molecule has 0 bridgehead atoms. The predicted molar refractivity (Wildman–Crippen MR) is 74.5 cm³/mol. The van der Waals surface area contributed by atoms with E-state index in [9.17, 15) is 4.79 Å². The van der Waals surface area contributed by atoms with Gasteiger partial charge < -0.3 is 20.7 Å². The van der Waals surface area contributed by atoms with Crippen LogP contribution in [0.4, 0.5) is 0 Å². The van der Waals surface area contributed by atoms with Gasteiger partial charge in [-0.1, -0.05) is 0 Å². The van der Waals surface area contributed by atoms with Gasteiger partial charge in [0, 0.05) is 44.8 Å². The average Bonchev–Trinajstić information content (AvgIpc) is 2.23. The van der Waals surface area contributed by atoms with E-state index in [0.717, 1.165) is 19.6 Å². The third-order valence-electron chi connectivity index (χ3n) is 2.69. The molecule has 0 saturated carbocycles. The van der Waals surface area contributed by atoms with Crippen LogP contribution in [-0.2, 0) is 9.53 Å². The molecule has 0 rings (SSSR count). The summed E-state index contributed by atoms with van der Waals surface area (Å²) in [4.78, 5) is 14.0. The summed E-state index contributed by atoms with van der Waals surface area (Å²) in [7, 11) is 3.69. The smallest absolute Gasteiger partial charge is 0.222 e. The first-order valence-corrected chi connectivity index (χ1v) is 6.50. The molecule has 0 aliphatic heterocycles. The Morgan fingerprint density at radius 3 is 2.50 bits per heavy atom. The lowest BCUT2D eigenvalue weighted by atomic mass is 10.1. The Morgan fingerprint density at radius 2 is 2.06 bits per heavy atom. The molecular formula is C13H29N3O2. The fraction of sp³-hybridized carbons (Fsp3) is 0.923. The van der Waals surface area contributed by atoms with Gasteiger partial charge in [-0.25, -0.2) is 0 Å². The van der Waals surface area contributed by atoms with E-state index < -0.39 is 0 Å². The van der Waals surface area contributed by atoms with Crippen molar-refractivity contribution in [1.29, 1.82) is 0 Å². The molecule has 0 aromatic rings. The van der Waals surface area contributed by atoms with Crippen molar-refractivity contribution in [1.82, 2.24) is 10.2 Å². The Kier molecular flexibility index (Phi) is 8.15. The summed E-state index contributed by atoms with van der Waals surface area (Å²) in [5.41, 5.74) is 5.55. The van der Waals surface area contributed by atoms with Crippen molar-refractivity contribution in [2.24, 2.45) is 5.73 Å². The van der Waals surface area contributed by atoms with Crippen LogP contribution < -0.4 is 11.1 Å². The molecule has 108 valence electrons. The van der Waals surface area contributed by atoms with Gasteiger partial charge >= 0.3 is 0 Å². The van der Waals surface area contributed by atoms with Crippen molar-refractivity contribution < 1.29 is 9.53 Å². The summed E-state index contributed by atoms with van der Waals surface area (Å²) >= 11 is 0. The number of methoxy groups -OCH3 is 1. The topological polar surface area (TPSA) is 67.6 Å². The third-order valence-corrected chi connectivity index (χ3v) is 2.69. The number of nitrogens with one attached hydrogen (secondary N) is 1. The van der Waals surface area contributed by atoms with Gasteiger partial charge in [0.2, 0.25) is 5.91 Å². The molecule has 5 nitrogen and oxygen atoms in total. The van der Waals surface area contributed by atoms with Gasteiger partial charge in [-0.2, -0.15) is 0 Å². The highest BCUT2D eigenvalue weighted by Gasteiger charge is 2.20. The number of nitrogens with two attached hydrogens (primary N) is 1. The van der Waals surface area contributed by atoms with Crippen LogP contribution in [0.1, 0.15) is 33.6 Å². The summed E-state index contributed by atoms with van der Waals surface area (Å²) in [6.45, 7) is 8.04. The molecule has 5 heteroatoms. The number of carbonyl (C=O) groups is 1. The van der Waals surface area contributed by atoms with E-state index in [1.807, 2.05) is 27.8 Å². The van der Waals surface area contributed by atoms with E-state index in [2.05, 4.69) is 10.2 Å². The third kappa shape index (κ3) is 8.44. The van der Waals surface area contributed by atoms with Gasteiger partial charge in [0.25, 0.3) is 0 Å². The average molecular weight is 259 g/mol. The molecule has 0 aliphatic rings. The minimum atomic E-state index is -0.190. The lowest BCUT2D eigenvalue weighted by Crippen LogP contribution is -2.46. The predicted octanol–water partition coefficient (Wildman–Crippen LogP) is 0.587. The molecule has 0 aromatic heterocycles. The largest absolute Gasteiger partial charge is 0.385 e. The fourth-order valence-corrected chi connectivity index (χ4v) is 1.74. The van der Waals surface area contributed by atoms with Crippen LogP contribution in [0.15, 0.2) is 0 Å². The van der Waals surface area contributed by atoms with E-state index in [-0.39, 0.29) is 17.5 Å². The van der Waals surface area contributed by atoms with Gasteiger partial charge in [-0.15, -0.1) is 0 Å². The minimum Gasteiger partial charge on any atom is -0.385 e. The van der Waals surface area contributed by atoms with E-state index in [1.54, 1.807) is 7.11 Å². The standard InChI is InChI=1S/C13H29N3O2/c1-13(2,3)15-12(17)9-11(10-14)16(4)7-6-8-18-5/h11H,6-10,14H2,1-5H3,(H,15,17). The molecule has 0 saturated heterocycles. The Balaban J connectivity index is 4.12. The quantitative estimate of drug-likeness (QED) is 0.626. The maximum Gasteiger partial charge on any atom is 0.222 e. The molecule has 18 heavy (non-hydrogen) atoms. The van der Waals surface area contributed by atoms with Crippen molar-refractivity contribution >= 4 is 5.91 Å². The van der Waals surface area contributed by atoms with Crippen LogP contribution in [0, 0.1) is 0 Å². The van der Waals surface area contributed by atoms with Crippen molar-refractivity contribution in [2.75, 3.05) is 33.9 Å². The Bertz CT molecular complexity index is 239. The number of ether oxygens (including phenoxy) is 1. The van der Waals surface area contributed by atoms with Crippen LogP contribution in [-0.4, -0.2) is 56.2 Å². The van der Waals surface area contributed by atoms with Crippen LogP contribution in [0.3, 0.4) is 0 Å². The van der Waals surface area contributed by atoms with E-state index in [0.29, 0.717) is 13.0 Å². The van der Waals surface area contributed by atoms with Gasteiger partial charge in [0.05, 0.1) is 0 Å². The van der Waals surface area contributed by atoms with E-state index >= 15 is 0 Å².